The summed E-state index contributed by atoms with van der Waals surface area (Å²) in [7, 11) is 1.95. The van der Waals surface area contributed by atoms with Crippen LogP contribution in [-0.4, -0.2) is 54.5 Å². The number of amides is 2. The van der Waals surface area contributed by atoms with Crippen molar-refractivity contribution in [3.63, 3.8) is 0 Å². The second-order valence-corrected chi connectivity index (χ2v) is 9.20. The van der Waals surface area contributed by atoms with E-state index in [0.717, 1.165) is 21.7 Å². The maximum Gasteiger partial charge on any atom is 0.247 e. The summed E-state index contributed by atoms with van der Waals surface area (Å²) in [5.74, 6) is -0.0241. The Morgan fingerprint density at radius 2 is 2.06 bits per heavy atom. The SMILES string of the molecule is CCOc1ccc2nc(NC(=O)C3CN(C)CC4C(=O)N(c5ccccc5)NC34)sc2c1. The number of aromatic nitrogens is 1. The molecule has 2 N–H and O–H groups in total. The number of rotatable bonds is 5. The fourth-order valence-electron chi connectivity index (χ4n) is 4.48. The van der Waals surface area contributed by atoms with E-state index in [2.05, 4.69) is 15.7 Å². The Balaban J connectivity index is 1.36. The van der Waals surface area contributed by atoms with Crippen LogP contribution in [0.15, 0.2) is 48.5 Å². The van der Waals surface area contributed by atoms with Crippen LogP contribution < -0.4 is 20.5 Å². The summed E-state index contributed by atoms with van der Waals surface area (Å²) >= 11 is 1.42. The molecule has 2 amide bonds. The summed E-state index contributed by atoms with van der Waals surface area (Å²) in [6.45, 7) is 3.72. The molecule has 3 unspecified atom stereocenters. The van der Waals surface area contributed by atoms with Crippen LogP contribution in [0.3, 0.4) is 0 Å². The molecule has 2 saturated heterocycles. The van der Waals surface area contributed by atoms with E-state index < -0.39 is 0 Å². The van der Waals surface area contributed by atoms with Gasteiger partial charge in [-0.05, 0) is 44.3 Å². The normalized spacial score (nSPS) is 23.4. The summed E-state index contributed by atoms with van der Waals surface area (Å²) < 4.78 is 6.51. The number of nitrogens with zero attached hydrogens (tertiary/aromatic N) is 3. The molecule has 0 aliphatic carbocycles. The van der Waals surface area contributed by atoms with Crippen molar-refractivity contribution in [1.82, 2.24) is 15.3 Å². The fraction of sp³-hybridized carbons (Fsp3) is 0.348. The lowest BCUT2D eigenvalue weighted by atomic mass is 9.84. The van der Waals surface area contributed by atoms with Gasteiger partial charge in [0.15, 0.2) is 5.13 Å². The monoisotopic (exact) mass is 451 g/mol. The van der Waals surface area contributed by atoms with Crippen LogP contribution in [0.1, 0.15) is 6.92 Å². The molecule has 0 radical (unpaired) electrons. The molecule has 3 heterocycles. The molecule has 8 nitrogen and oxygen atoms in total. The molecule has 166 valence electrons. The predicted molar refractivity (Wildman–Crippen MR) is 125 cm³/mol. The largest absolute Gasteiger partial charge is 0.494 e. The highest BCUT2D eigenvalue weighted by Gasteiger charge is 2.50. The number of fused-ring (bicyclic) bond motifs is 2. The number of nitrogens with one attached hydrogen (secondary N) is 2. The van der Waals surface area contributed by atoms with Crippen molar-refractivity contribution in [2.24, 2.45) is 11.8 Å². The van der Waals surface area contributed by atoms with Gasteiger partial charge in [-0.1, -0.05) is 29.5 Å². The Morgan fingerprint density at radius 3 is 2.84 bits per heavy atom. The number of hydrogen-bond donors (Lipinski definition) is 2. The number of benzene rings is 2. The first-order chi connectivity index (χ1) is 15.5. The van der Waals surface area contributed by atoms with Gasteiger partial charge in [0.25, 0.3) is 0 Å². The Bertz CT molecular complexity index is 1150. The minimum atomic E-state index is -0.387. The summed E-state index contributed by atoms with van der Waals surface area (Å²) in [6, 6.07) is 14.9. The molecule has 3 atom stereocenters. The van der Waals surface area contributed by atoms with Crippen molar-refractivity contribution < 1.29 is 14.3 Å². The van der Waals surface area contributed by atoms with Crippen LogP contribution in [0.4, 0.5) is 10.8 Å². The highest BCUT2D eigenvalue weighted by atomic mass is 32.1. The number of anilines is 2. The second-order valence-electron chi connectivity index (χ2n) is 8.17. The highest BCUT2D eigenvalue weighted by molar-refractivity contribution is 7.22. The average molecular weight is 452 g/mol. The number of piperidine rings is 1. The van der Waals surface area contributed by atoms with Crippen LogP contribution in [0.5, 0.6) is 5.75 Å². The third-order valence-electron chi connectivity index (χ3n) is 5.95. The van der Waals surface area contributed by atoms with Crippen molar-refractivity contribution in [1.29, 1.82) is 0 Å². The molecule has 9 heteroatoms. The molecule has 0 saturated carbocycles. The van der Waals surface area contributed by atoms with E-state index in [1.54, 1.807) is 5.01 Å². The molecular weight excluding hydrogens is 426 g/mol. The van der Waals surface area contributed by atoms with E-state index >= 15 is 0 Å². The van der Waals surface area contributed by atoms with Crippen LogP contribution in [0.2, 0.25) is 0 Å². The number of carbonyl (C=O) groups excluding carboxylic acids is 2. The van der Waals surface area contributed by atoms with Crippen molar-refractivity contribution in [2.75, 3.05) is 37.1 Å². The van der Waals surface area contributed by atoms with Gasteiger partial charge in [-0.25, -0.2) is 15.4 Å². The first kappa shape index (κ1) is 20.9. The first-order valence-electron chi connectivity index (χ1n) is 10.7. The standard InChI is InChI=1S/C23H25N5O3S/c1-3-31-15-9-10-18-19(11-15)32-23(24-18)25-21(29)16-12-27(2)13-17-20(16)26-28(22(17)30)14-7-5-4-6-8-14/h4-11,16-17,20,26H,3,12-13H2,1-2H3,(H,24,25,29). The molecule has 5 rings (SSSR count). The van der Waals surface area contributed by atoms with Crippen LogP contribution in [-0.2, 0) is 9.59 Å². The van der Waals surface area contributed by atoms with E-state index in [9.17, 15) is 9.59 Å². The van der Waals surface area contributed by atoms with Gasteiger partial charge in [-0.2, -0.15) is 0 Å². The first-order valence-corrected chi connectivity index (χ1v) is 11.5. The maximum atomic E-state index is 13.3. The van der Waals surface area contributed by atoms with Crippen molar-refractivity contribution in [3.05, 3.63) is 48.5 Å². The molecule has 0 spiro atoms. The zero-order valence-corrected chi connectivity index (χ0v) is 18.8. The van der Waals surface area contributed by atoms with Gasteiger partial charge >= 0.3 is 0 Å². The zero-order chi connectivity index (χ0) is 22.2. The van der Waals surface area contributed by atoms with Gasteiger partial charge in [0, 0.05) is 13.1 Å². The summed E-state index contributed by atoms with van der Waals surface area (Å²) in [5, 5.41) is 5.12. The van der Waals surface area contributed by atoms with Crippen LogP contribution in [0.25, 0.3) is 10.2 Å². The number of ether oxygens (including phenoxy) is 1. The third kappa shape index (κ3) is 3.83. The molecule has 2 aromatic carbocycles. The van der Waals surface area contributed by atoms with Crippen molar-refractivity contribution in [3.8, 4) is 5.75 Å². The molecular formula is C23H25N5O3S. The molecule has 3 aromatic rings. The number of likely N-dealkylation sites (tertiary alicyclic amines) is 1. The molecule has 2 aliphatic heterocycles. The van der Waals surface area contributed by atoms with Crippen LogP contribution >= 0.6 is 11.3 Å². The number of hydrazine groups is 1. The minimum Gasteiger partial charge on any atom is -0.494 e. The van der Waals surface area contributed by atoms with E-state index in [4.69, 9.17) is 4.74 Å². The lowest BCUT2D eigenvalue weighted by molar-refractivity contribution is -0.125. The Morgan fingerprint density at radius 1 is 1.25 bits per heavy atom. The van der Waals surface area contributed by atoms with Gasteiger partial charge < -0.3 is 15.0 Å². The summed E-state index contributed by atoms with van der Waals surface area (Å²) in [6.07, 6.45) is 0. The van der Waals surface area contributed by atoms with Crippen LogP contribution in [0, 0.1) is 11.8 Å². The lowest BCUT2D eigenvalue weighted by Crippen LogP contribution is -2.55. The number of carbonyl (C=O) groups is 2. The van der Waals surface area contributed by atoms with E-state index in [-0.39, 0.29) is 29.7 Å². The molecule has 2 aliphatic rings. The van der Waals surface area contributed by atoms with E-state index in [0.29, 0.717) is 24.8 Å². The Hall–Kier alpha value is -3.01. The van der Waals surface area contributed by atoms with Gasteiger partial charge in [0.1, 0.15) is 5.75 Å². The quantitative estimate of drug-likeness (QED) is 0.620. The van der Waals surface area contributed by atoms with Gasteiger partial charge in [0.05, 0.1) is 40.4 Å². The topological polar surface area (TPSA) is 86.8 Å². The molecule has 2 fully saturated rings. The second kappa shape index (κ2) is 8.50. The van der Waals surface area contributed by atoms with Crippen molar-refractivity contribution in [2.45, 2.75) is 13.0 Å². The Labute approximate surface area is 190 Å². The third-order valence-corrected chi connectivity index (χ3v) is 6.89. The number of hydrogen-bond acceptors (Lipinski definition) is 7. The molecule has 1 aromatic heterocycles. The fourth-order valence-corrected chi connectivity index (χ4v) is 5.38. The minimum absolute atomic E-state index is 0.00556. The smallest absolute Gasteiger partial charge is 0.247 e. The van der Waals surface area contributed by atoms with E-state index in [1.807, 2.05) is 67.4 Å². The van der Waals surface area contributed by atoms with Crippen molar-refractivity contribution >= 4 is 44.2 Å². The molecule has 0 bridgehead atoms. The summed E-state index contributed by atoms with van der Waals surface area (Å²) in [4.78, 5) is 33.0. The average Bonchev–Trinajstić information content (AvgIpc) is 3.34. The van der Waals surface area contributed by atoms with Gasteiger partial charge in [-0.15, -0.1) is 0 Å². The zero-order valence-electron chi connectivity index (χ0n) is 17.9. The molecule has 32 heavy (non-hydrogen) atoms. The highest BCUT2D eigenvalue weighted by Crippen LogP contribution is 2.33. The van der Waals surface area contributed by atoms with E-state index in [1.165, 1.54) is 11.3 Å². The van der Waals surface area contributed by atoms with Gasteiger partial charge in [-0.3, -0.25) is 9.59 Å². The Kier molecular flexibility index (Phi) is 5.54. The van der Waals surface area contributed by atoms with Gasteiger partial charge in [0.2, 0.25) is 11.8 Å². The lowest BCUT2D eigenvalue weighted by Gasteiger charge is -2.36. The maximum absolute atomic E-state index is 13.3. The number of para-hydroxylation sites is 1. The number of thiazole rings is 1. The summed E-state index contributed by atoms with van der Waals surface area (Å²) in [5.41, 5.74) is 4.91. The predicted octanol–water partition coefficient (Wildman–Crippen LogP) is 2.73.